The highest BCUT2D eigenvalue weighted by Gasteiger charge is 2.26. The molecule has 1 saturated heterocycles. The fourth-order valence-electron chi connectivity index (χ4n) is 4.52. The molecule has 2 aromatic heterocycles. The highest BCUT2D eigenvalue weighted by atomic mass is 32.2. The van der Waals surface area contributed by atoms with E-state index in [9.17, 15) is 17.2 Å². The molecule has 5 rings (SSSR count). The molecule has 0 aliphatic carbocycles. The molecule has 1 fully saturated rings. The first kappa shape index (κ1) is 25.2. The summed E-state index contributed by atoms with van der Waals surface area (Å²) < 4.78 is 76.8. The summed E-state index contributed by atoms with van der Waals surface area (Å²) in [4.78, 5) is 3.43. The topological polar surface area (TPSA) is 74.1 Å². The van der Waals surface area contributed by atoms with Crippen LogP contribution < -0.4 is 0 Å². The van der Waals surface area contributed by atoms with Gasteiger partial charge >= 0.3 is 0 Å². The van der Waals surface area contributed by atoms with Crippen LogP contribution >= 0.6 is 0 Å². The minimum atomic E-state index is -4.37. The van der Waals surface area contributed by atoms with Crippen LogP contribution in [0.4, 0.5) is 13.2 Å². The molecule has 4 aromatic rings. The highest BCUT2D eigenvalue weighted by Crippen LogP contribution is 2.36. The van der Waals surface area contributed by atoms with Gasteiger partial charge in [-0.15, -0.1) is 0 Å². The number of benzene rings is 2. The van der Waals surface area contributed by atoms with E-state index >= 15 is 4.39 Å². The van der Waals surface area contributed by atoms with Crippen molar-refractivity contribution in [2.24, 2.45) is 0 Å². The summed E-state index contributed by atoms with van der Waals surface area (Å²) in [5.74, 6) is -3.61. The molecule has 10 heteroatoms. The molecular formula is C27H24F3N3O3S. The number of pyridine rings is 1. The number of nitrogens with zero attached hydrogens (tertiary/aromatic N) is 3. The molecule has 2 aromatic carbocycles. The van der Waals surface area contributed by atoms with Crippen molar-refractivity contribution in [3.63, 3.8) is 0 Å². The molecule has 37 heavy (non-hydrogen) atoms. The Kier molecular flexibility index (Phi) is 6.87. The van der Waals surface area contributed by atoms with E-state index in [0.29, 0.717) is 30.5 Å². The summed E-state index contributed by atoms with van der Waals surface area (Å²) in [5, 5.41) is 4.73. The van der Waals surface area contributed by atoms with Gasteiger partial charge in [-0.05, 0) is 61.7 Å². The number of hydrogen-bond acceptors (Lipinski definition) is 5. The minimum Gasteiger partial charge on any atom is -0.381 e. The molecule has 0 amide bonds. The Hall–Kier alpha value is -3.50. The van der Waals surface area contributed by atoms with Gasteiger partial charge in [-0.25, -0.2) is 21.6 Å². The zero-order valence-corrected chi connectivity index (χ0v) is 20.8. The average Bonchev–Trinajstić information content (AvgIpc) is 3.32. The lowest BCUT2D eigenvalue weighted by molar-refractivity contribution is 0.0663. The minimum absolute atomic E-state index is 0.0757. The van der Waals surface area contributed by atoms with Gasteiger partial charge < -0.3 is 4.74 Å². The lowest BCUT2D eigenvalue weighted by Crippen LogP contribution is -2.19. The second-order valence-electron chi connectivity index (χ2n) is 9.01. The molecule has 1 aliphatic heterocycles. The van der Waals surface area contributed by atoms with Crippen LogP contribution in [0.1, 0.15) is 30.1 Å². The van der Waals surface area contributed by atoms with Crippen LogP contribution in [-0.4, -0.2) is 36.4 Å². The van der Waals surface area contributed by atoms with Crippen molar-refractivity contribution in [2.75, 3.05) is 13.2 Å². The summed E-state index contributed by atoms with van der Waals surface area (Å²) in [6, 6.07) is 10.3. The van der Waals surface area contributed by atoms with Crippen LogP contribution in [-0.2, 0) is 20.3 Å². The third-order valence-electron chi connectivity index (χ3n) is 6.41. The Bertz CT molecular complexity index is 1560. The SMILES string of the molecule is Cc1cc(-c2cn(C3CCOCC3)nc2-c2cccc(CS(=O)(=O)c3cc(F)ccc3F)c2F)ccn1. The molecule has 0 saturated carbocycles. The molecule has 3 heterocycles. The standard InChI is InChI=1S/C27H24F3N3O3S/c1-17-13-18(7-10-31-17)23-15-33(21-8-11-36-12-9-21)32-27(23)22-4-2-3-19(26(22)30)16-37(34,35)25-14-20(28)5-6-24(25)29/h2-7,10,13-15,21H,8-9,11-12,16H2,1H3. The second-order valence-corrected chi connectivity index (χ2v) is 11.0. The Balaban J connectivity index is 1.59. The van der Waals surface area contributed by atoms with Crippen LogP contribution in [0.25, 0.3) is 22.4 Å². The van der Waals surface area contributed by atoms with Gasteiger partial charge in [0.25, 0.3) is 0 Å². The Morgan fingerprint density at radius 2 is 1.81 bits per heavy atom. The number of hydrogen-bond donors (Lipinski definition) is 0. The molecule has 0 spiro atoms. The monoisotopic (exact) mass is 527 g/mol. The van der Waals surface area contributed by atoms with Crippen LogP contribution in [0.2, 0.25) is 0 Å². The van der Waals surface area contributed by atoms with Crippen molar-refractivity contribution in [2.45, 2.75) is 36.5 Å². The van der Waals surface area contributed by atoms with Gasteiger partial charge in [0.2, 0.25) is 0 Å². The number of aromatic nitrogens is 3. The van der Waals surface area contributed by atoms with Gasteiger partial charge in [0.15, 0.2) is 9.84 Å². The van der Waals surface area contributed by atoms with Gasteiger partial charge in [0, 0.05) is 48.0 Å². The quantitative estimate of drug-likeness (QED) is 0.323. The number of rotatable bonds is 6. The van der Waals surface area contributed by atoms with E-state index in [-0.39, 0.29) is 17.2 Å². The third-order valence-corrected chi connectivity index (χ3v) is 8.09. The van der Waals surface area contributed by atoms with Gasteiger partial charge in [-0.2, -0.15) is 5.10 Å². The zero-order valence-electron chi connectivity index (χ0n) is 20.0. The Morgan fingerprint density at radius 1 is 1.03 bits per heavy atom. The molecule has 0 radical (unpaired) electrons. The van der Waals surface area contributed by atoms with Crippen molar-refractivity contribution in [3.8, 4) is 22.4 Å². The van der Waals surface area contributed by atoms with E-state index in [2.05, 4.69) is 4.98 Å². The molecule has 1 aliphatic rings. The Labute approximate surface area is 212 Å². The van der Waals surface area contributed by atoms with Crippen molar-refractivity contribution in [1.82, 2.24) is 14.8 Å². The molecule has 0 N–H and O–H groups in total. The normalized spacial score (nSPS) is 14.7. The van der Waals surface area contributed by atoms with Gasteiger partial charge in [0.1, 0.15) is 28.0 Å². The fraction of sp³-hybridized carbons (Fsp3) is 0.259. The lowest BCUT2D eigenvalue weighted by atomic mass is 10.00. The summed E-state index contributed by atoms with van der Waals surface area (Å²) in [6.07, 6.45) is 5.05. The molecule has 6 nitrogen and oxygen atoms in total. The van der Waals surface area contributed by atoms with Gasteiger partial charge in [0.05, 0.1) is 11.8 Å². The molecule has 192 valence electrons. The molecular weight excluding hydrogens is 503 g/mol. The van der Waals surface area contributed by atoms with E-state index in [1.165, 1.54) is 18.2 Å². The summed E-state index contributed by atoms with van der Waals surface area (Å²) >= 11 is 0. The van der Waals surface area contributed by atoms with Crippen LogP contribution in [0.5, 0.6) is 0 Å². The van der Waals surface area contributed by atoms with Gasteiger partial charge in [-0.1, -0.05) is 12.1 Å². The fourth-order valence-corrected chi connectivity index (χ4v) is 5.97. The average molecular weight is 528 g/mol. The molecule has 0 bridgehead atoms. The predicted octanol–water partition coefficient (Wildman–Crippen LogP) is 5.66. The van der Waals surface area contributed by atoms with E-state index in [0.717, 1.165) is 36.2 Å². The first-order valence-electron chi connectivity index (χ1n) is 11.8. The van der Waals surface area contributed by atoms with E-state index in [4.69, 9.17) is 9.84 Å². The van der Waals surface area contributed by atoms with Crippen molar-refractivity contribution < 1.29 is 26.3 Å². The van der Waals surface area contributed by atoms with E-state index in [1.54, 1.807) is 12.3 Å². The maximum absolute atomic E-state index is 15.9. The van der Waals surface area contributed by atoms with Crippen molar-refractivity contribution in [1.29, 1.82) is 0 Å². The van der Waals surface area contributed by atoms with Crippen LogP contribution in [0, 0.1) is 24.4 Å². The maximum Gasteiger partial charge on any atom is 0.185 e. The summed E-state index contributed by atoms with van der Waals surface area (Å²) in [6.45, 7) is 3.05. The first-order valence-corrected chi connectivity index (χ1v) is 13.4. The van der Waals surface area contributed by atoms with E-state index < -0.39 is 37.9 Å². The van der Waals surface area contributed by atoms with Crippen LogP contribution in [0.15, 0.2) is 65.8 Å². The molecule has 0 unspecified atom stereocenters. The highest BCUT2D eigenvalue weighted by molar-refractivity contribution is 7.90. The summed E-state index contributed by atoms with van der Waals surface area (Å²) in [7, 11) is -4.37. The largest absolute Gasteiger partial charge is 0.381 e. The third kappa shape index (κ3) is 5.17. The first-order chi connectivity index (χ1) is 17.7. The maximum atomic E-state index is 15.9. The Morgan fingerprint density at radius 3 is 2.57 bits per heavy atom. The van der Waals surface area contributed by atoms with Crippen molar-refractivity contribution in [3.05, 3.63) is 89.6 Å². The number of ether oxygens (including phenoxy) is 1. The lowest BCUT2D eigenvalue weighted by Gasteiger charge is -2.22. The summed E-state index contributed by atoms with van der Waals surface area (Å²) in [5.41, 5.74) is 2.54. The smallest absolute Gasteiger partial charge is 0.185 e. The number of halogens is 3. The predicted molar refractivity (Wildman–Crippen MR) is 132 cm³/mol. The number of sulfone groups is 1. The van der Waals surface area contributed by atoms with Gasteiger partial charge in [-0.3, -0.25) is 9.67 Å². The second kappa shape index (κ2) is 10.1. The van der Waals surface area contributed by atoms with Crippen LogP contribution in [0.3, 0.4) is 0 Å². The zero-order chi connectivity index (χ0) is 26.2. The molecule has 0 atom stereocenters. The van der Waals surface area contributed by atoms with E-state index in [1.807, 2.05) is 23.9 Å². The number of aryl methyl sites for hydroxylation is 1. The van der Waals surface area contributed by atoms with Crippen molar-refractivity contribution >= 4 is 9.84 Å².